The molecule has 1 amide bonds. The van der Waals surface area contributed by atoms with E-state index in [0.29, 0.717) is 18.7 Å². The molecule has 0 bridgehead atoms. The van der Waals surface area contributed by atoms with E-state index in [1.807, 2.05) is 49.4 Å². The number of hydrogen-bond acceptors (Lipinski definition) is 3. The highest BCUT2D eigenvalue weighted by Crippen LogP contribution is 2.24. The number of amides is 1. The van der Waals surface area contributed by atoms with Gasteiger partial charge in [-0.15, -0.1) is 0 Å². The third kappa shape index (κ3) is 6.30. The standard InChI is InChI=1S/C30H35N3O2/c1-22-11-13-23(14-12-22)29(34)31-21-28-32-26-9-5-6-10-27(26)33(28)19-7-8-20-35-25-17-15-24(16-18-25)30(2,3)4/h5-6,9-18H,7-8,19-21H2,1-4H3,(H,31,34). The normalized spacial score (nSPS) is 11.5. The summed E-state index contributed by atoms with van der Waals surface area (Å²) < 4.78 is 8.18. The second kappa shape index (κ2) is 10.8. The van der Waals surface area contributed by atoms with Gasteiger partial charge in [0, 0.05) is 12.1 Å². The van der Waals surface area contributed by atoms with Crippen LogP contribution in [0, 0.1) is 6.92 Å². The lowest BCUT2D eigenvalue weighted by atomic mass is 9.87. The molecule has 35 heavy (non-hydrogen) atoms. The summed E-state index contributed by atoms with van der Waals surface area (Å²) in [6.45, 7) is 10.5. The van der Waals surface area contributed by atoms with Gasteiger partial charge in [-0.25, -0.2) is 4.98 Å². The molecule has 0 atom stereocenters. The average molecular weight is 470 g/mol. The maximum Gasteiger partial charge on any atom is 0.251 e. The molecule has 1 aromatic heterocycles. The minimum atomic E-state index is -0.0884. The van der Waals surface area contributed by atoms with Crippen molar-refractivity contribution in [3.05, 3.63) is 95.3 Å². The molecular formula is C30H35N3O2. The number of aromatic nitrogens is 2. The number of carbonyl (C=O) groups is 1. The van der Waals surface area contributed by atoms with Crippen LogP contribution in [0.1, 0.15) is 60.9 Å². The van der Waals surface area contributed by atoms with Gasteiger partial charge >= 0.3 is 0 Å². The zero-order chi connectivity index (χ0) is 24.8. The van der Waals surface area contributed by atoms with E-state index in [0.717, 1.165) is 47.6 Å². The Bertz CT molecular complexity index is 1270. The molecule has 5 nitrogen and oxygen atoms in total. The van der Waals surface area contributed by atoms with Crippen molar-refractivity contribution in [2.24, 2.45) is 0 Å². The second-order valence-corrected chi connectivity index (χ2v) is 10.0. The van der Waals surface area contributed by atoms with Crippen molar-refractivity contribution in [3.63, 3.8) is 0 Å². The van der Waals surface area contributed by atoms with E-state index in [1.54, 1.807) is 0 Å². The maximum absolute atomic E-state index is 12.6. The molecule has 1 heterocycles. The van der Waals surface area contributed by atoms with Crippen LogP contribution in [0.3, 0.4) is 0 Å². The molecule has 3 aromatic carbocycles. The molecule has 0 saturated carbocycles. The fraction of sp³-hybridized carbons (Fsp3) is 0.333. The monoisotopic (exact) mass is 469 g/mol. The Hall–Kier alpha value is -3.60. The van der Waals surface area contributed by atoms with Crippen LogP contribution in [0.15, 0.2) is 72.8 Å². The van der Waals surface area contributed by atoms with E-state index in [4.69, 9.17) is 9.72 Å². The Labute approximate surface area is 208 Å². The van der Waals surface area contributed by atoms with Gasteiger partial charge in [-0.05, 0) is 67.1 Å². The molecule has 0 aliphatic rings. The van der Waals surface area contributed by atoms with Crippen molar-refractivity contribution in [2.75, 3.05) is 6.61 Å². The first-order valence-corrected chi connectivity index (χ1v) is 12.3. The summed E-state index contributed by atoms with van der Waals surface area (Å²) in [7, 11) is 0. The number of fused-ring (bicyclic) bond motifs is 1. The van der Waals surface area contributed by atoms with Crippen LogP contribution in [0.4, 0.5) is 0 Å². The summed E-state index contributed by atoms with van der Waals surface area (Å²) in [6.07, 6.45) is 1.89. The molecule has 0 unspecified atom stereocenters. The van der Waals surface area contributed by atoms with Gasteiger partial charge in [0.25, 0.3) is 5.91 Å². The summed E-state index contributed by atoms with van der Waals surface area (Å²) in [6, 6.07) is 24.1. The van der Waals surface area contributed by atoms with Crippen molar-refractivity contribution in [3.8, 4) is 5.75 Å². The molecule has 1 N–H and O–H groups in total. The van der Waals surface area contributed by atoms with E-state index < -0.39 is 0 Å². The largest absolute Gasteiger partial charge is 0.494 e. The van der Waals surface area contributed by atoms with Crippen LogP contribution in [0.25, 0.3) is 11.0 Å². The van der Waals surface area contributed by atoms with E-state index in [-0.39, 0.29) is 11.3 Å². The number of aryl methyl sites for hydroxylation is 2. The fourth-order valence-corrected chi connectivity index (χ4v) is 4.09. The van der Waals surface area contributed by atoms with E-state index >= 15 is 0 Å². The van der Waals surface area contributed by atoms with E-state index in [9.17, 15) is 4.79 Å². The molecule has 0 saturated heterocycles. The number of ether oxygens (including phenoxy) is 1. The van der Waals surface area contributed by atoms with Gasteiger partial charge in [-0.2, -0.15) is 0 Å². The SMILES string of the molecule is Cc1ccc(C(=O)NCc2nc3ccccc3n2CCCCOc2ccc(C(C)(C)C)cc2)cc1. The summed E-state index contributed by atoms with van der Waals surface area (Å²) in [5.41, 5.74) is 5.27. The number of benzene rings is 3. The van der Waals surface area contributed by atoms with Gasteiger partial charge < -0.3 is 14.6 Å². The molecule has 0 fully saturated rings. The molecule has 0 aliphatic heterocycles. The van der Waals surface area contributed by atoms with Gasteiger partial charge in [0.15, 0.2) is 0 Å². The average Bonchev–Trinajstić information content (AvgIpc) is 3.20. The third-order valence-electron chi connectivity index (χ3n) is 6.22. The minimum absolute atomic E-state index is 0.0884. The van der Waals surface area contributed by atoms with Gasteiger partial charge in [-0.3, -0.25) is 4.79 Å². The van der Waals surface area contributed by atoms with E-state index in [2.05, 4.69) is 61.0 Å². The van der Waals surface area contributed by atoms with Crippen LogP contribution in [0.2, 0.25) is 0 Å². The maximum atomic E-state index is 12.6. The second-order valence-electron chi connectivity index (χ2n) is 10.0. The molecule has 5 heteroatoms. The number of para-hydroxylation sites is 2. The van der Waals surface area contributed by atoms with Crippen molar-refractivity contribution in [1.82, 2.24) is 14.9 Å². The number of unbranched alkanes of at least 4 members (excludes halogenated alkanes) is 1. The first-order valence-electron chi connectivity index (χ1n) is 12.3. The lowest BCUT2D eigenvalue weighted by Crippen LogP contribution is -2.24. The van der Waals surface area contributed by atoms with Crippen LogP contribution in [-0.4, -0.2) is 22.1 Å². The molecule has 182 valence electrons. The van der Waals surface area contributed by atoms with E-state index in [1.165, 1.54) is 5.56 Å². The highest BCUT2D eigenvalue weighted by Gasteiger charge is 2.14. The lowest BCUT2D eigenvalue weighted by Gasteiger charge is -2.19. The predicted octanol–water partition coefficient (Wildman–Crippen LogP) is 6.43. The third-order valence-corrected chi connectivity index (χ3v) is 6.22. The first-order chi connectivity index (χ1) is 16.8. The Morgan fingerprint density at radius 2 is 1.66 bits per heavy atom. The minimum Gasteiger partial charge on any atom is -0.494 e. The number of hydrogen-bond donors (Lipinski definition) is 1. The van der Waals surface area contributed by atoms with Crippen LogP contribution in [0.5, 0.6) is 5.75 Å². The van der Waals surface area contributed by atoms with Crippen molar-refractivity contribution in [1.29, 1.82) is 0 Å². The number of imidazole rings is 1. The molecular weight excluding hydrogens is 434 g/mol. The van der Waals surface area contributed by atoms with Gasteiger partial charge in [-0.1, -0.05) is 62.7 Å². The Morgan fingerprint density at radius 1 is 0.943 bits per heavy atom. The number of carbonyl (C=O) groups excluding carboxylic acids is 1. The highest BCUT2D eigenvalue weighted by atomic mass is 16.5. The number of nitrogens with one attached hydrogen (secondary N) is 1. The lowest BCUT2D eigenvalue weighted by molar-refractivity contribution is 0.0949. The molecule has 0 spiro atoms. The van der Waals surface area contributed by atoms with Crippen LogP contribution >= 0.6 is 0 Å². The zero-order valence-corrected chi connectivity index (χ0v) is 21.2. The van der Waals surface area contributed by atoms with Crippen molar-refractivity contribution in [2.45, 2.75) is 59.0 Å². The predicted molar refractivity (Wildman–Crippen MR) is 142 cm³/mol. The summed E-state index contributed by atoms with van der Waals surface area (Å²) >= 11 is 0. The number of nitrogens with zero attached hydrogens (tertiary/aromatic N) is 2. The van der Waals surface area contributed by atoms with Crippen LogP contribution < -0.4 is 10.1 Å². The Morgan fingerprint density at radius 3 is 2.37 bits per heavy atom. The molecule has 0 radical (unpaired) electrons. The molecule has 4 aromatic rings. The highest BCUT2D eigenvalue weighted by molar-refractivity contribution is 5.94. The first kappa shape index (κ1) is 24.5. The quantitative estimate of drug-likeness (QED) is 0.287. The fourth-order valence-electron chi connectivity index (χ4n) is 4.09. The Balaban J connectivity index is 1.34. The van der Waals surface area contributed by atoms with Crippen molar-refractivity contribution >= 4 is 16.9 Å². The van der Waals surface area contributed by atoms with Crippen molar-refractivity contribution < 1.29 is 9.53 Å². The topological polar surface area (TPSA) is 56.2 Å². The number of rotatable bonds is 9. The van der Waals surface area contributed by atoms with Gasteiger partial charge in [0.1, 0.15) is 11.6 Å². The van der Waals surface area contributed by atoms with Gasteiger partial charge in [0.2, 0.25) is 0 Å². The summed E-state index contributed by atoms with van der Waals surface area (Å²) in [5.74, 6) is 1.69. The molecule has 4 rings (SSSR count). The van der Waals surface area contributed by atoms with Crippen LogP contribution in [-0.2, 0) is 18.5 Å². The Kier molecular flexibility index (Phi) is 7.54. The summed E-state index contributed by atoms with van der Waals surface area (Å²) in [4.78, 5) is 17.4. The smallest absolute Gasteiger partial charge is 0.251 e. The van der Waals surface area contributed by atoms with Gasteiger partial charge in [0.05, 0.1) is 24.2 Å². The molecule has 0 aliphatic carbocycles. The summed E-state index contributed by atoms with van der Waals surface area (Å²) in [5, 5.41) is 3.03. The zero-order valence-electron chi connectivity index (χ0n) is 21.2.